The molecule has 0 radical (unpaired) electrons. The third kappa shape index (κ3) is 3.03. The van der Waals surface area contributed by atoms with Crippen molar-refractivity contribution in [3.8, 4) is 0 Å². The molecule has 1 N–H and O–H groups in total. The fourth-order valence-electron chi connectivity index (χ4n) is 3.17. The minimum atomic E-state index is -0.269. The lowest BCUT2D eigenvalue weighted by molar-refractivity contribution is 0.102. The first-order valence-corrected chi connectivity index (χ1v) is 8.47. The third-order valence-corrected chi connectivity index (χ3v) is 4.53. The van der Waals surface area contributed by atoms with E-state index < -0.39 is 0 Å². The van der Waals surface area contributed by atoms with Crippen LogP contribution in [0.25, 0.3) is 10.9 Å². The van der Waals surface area contributed by atoms with Crippen molar-refractivity contribution in [3.63, 3.8) is 0 Å². The average molecular weight is 333 g/mol. The monoisotopic (exact) mass is 333 g/mol. The Kier molecular flexibility index (Phi) is 4.01. The second-order valence-electron chi connectivity index (χ2n) is 6.25. The summed E-state index contributed by atoms with van der Waals surface area (Å²) in [5.41, 5.74) is 2.99. The molecule has 3 aromatic rings. The molecule has 3 heterocycles. The summed E-state index contributed by atoms with van der Waals surface area (Å²) in [5, 5.41) is 12.1. The number of anilines is 2. The first-order chi connectivity index (χ1) is 12.2. The van der Waals surface area contributed by atoms with Gasteiger partial charge in [-0.05, 0) is 55.7 Å². The van der Waals surface area contributed by atoms with Crippen molar-refractivity contribution < 1.29 is 4.79 Å². The van der Waals surface area contributed by atoms with Crippen LogP contribution in [0.15, 0.2) is 42.6 Å². The van der Waals surface area contributed by atoms with Gasteiger partial charge in [0.15, 0.2) is 11.5 Å². The molecule has 1 aliphatic rings. The van der Waals surface area contributed by atoms with Gasteiger partial charge in [0.05, 0.1) is 11.2 Å². The van der Waals surface area contributed by atoms with Gasteiger partial charge in [-0.3, -0.25) is 9.78 Å². The number of carbonyl (C=O) groups is 1. The molecule has 2 aromatic heterocycles. The molecular weight excluding hydrogens is 314 g/mol. The highest BCUT2D eigenvalue weighted by Gasteiger charge is 2.16. The third-order valence-electron chi connectivity index (χ3n) is 4.53. The van der Waals surface area contributed by atoms with E-state index in [0.717, 1.165) is 41.1 Å². The number of carbonyl (C=O) groups excluding carboxylic acids is 1. The molecule has 1 amide bonds. The number of pyridine rings is 1. The van der Waals surface area contributed by atoms with Gasteiger partial charge in [-0.15, -0.1) is 10.2 Å². The maximum absolute atomic E-state index is 12.5. The first-order valence-electron chi connectivity index (χ1n) is 8.47. The molecule has 6 heteroatoms. The summed E-state index contributed by atoms with van der Waals surface area (Å²) >= 11 is 0. The van der Waals surface area contributed by atoms with Crippen LogP contribution in [0.5, 0.6) is 0 Å². The number of rotatable bonds is 3. The van der Waals surface area contributed by atoms with Gasteiger partial charge in [-0.1, -0.05) is 6.07 Å². The molecule has 1 saturated heterocycles. The highest BCUT2D eigenvalue weighted by Crippen LogP contribution is 2.25. The summed E-state index contributed by atoms with van der Waals surface area (Å²) in [6, 6.07) is 11.2. The van der Waals surface area contributed by atoms with E-state index in [4.69, 9.17) is 0 Å². The fraction of sp³-hybridized carbons (Fsp3) is 0.263. The van der Waals surface area contributed by atoms with E-state index in [0.29, 0.717) is 5.69 Å². The van der Waals surface area contributed by atoms with Crippen LogP contribution in [0.4, 0.5) is 11.5 Å². The van der Waals surface area contributed by atoms with E-state index in [1.165, 1.54) is 12.8 Å². The van der Waals surface area contributed by atoms with E-state index in [1.807, 2.05) is 37.3 Å². The van der Waals surface area contributed by atoms with Crippen molar-refractivity contribution >= 4 is 28.3 Å². The van der Waals surface area contributed by atoms with Gasteiger partial charge in [0.25, 0.3) is 5.91 Å². The summed E-state index contributed by atoms with van der Waals surface area (Å²) in [4.78, 5) is 19.1. The molecule has 25 heavy (non-hydrogen) atoms. The normalized spacial score (nSPS) is 14.0. The molecule has 126 valence electrons. The number of aromatic nitrogens is 3. The van der Waals surface area contributed by atoms with Crippen molar-refractivity contribution in [3.05, 3.63) is 53.9 Å². The van der Waals surface area contributed by atoms with Crippen LogP contribution in [0, 0.1) is 6.92 Å². The Balaban J connectivity index is 1.57. The van der Waals surface area contributed by atoms with Crippen molar-refractivity contribution in [1.82, 2.24) is 15.2 Å². The van der Waals surface area contributed by atoms with Crippen LogP contribution < -0.4 is 10.2 Å². The smallest absolute Gasteiger partial charge is 0.276 e. The number of hydrogen-bond donors (Lipinski definition) is 1. The highest BCUT2D eigenvalue weighted by atomic mass is 16.1. The molecule has 6 nitrogen and oxygen atoms in total. The number of nitrogens with one attached hydrogen (secondary N) is 1. The van der Waals surface area contributed by atoms with Crippen molar-refractivity contribution in [2.75, 3.05) is 23.3 Å². The number of benzene rings is 1. The Morgan fingerprint density at radius 1 is 1.08 bits per heavy atom. The zero-order chi connectivity index (χ0) is 17.2. The van der Waals surface area contributed by atoms with Crippen molar-refractivity contribution in [2.45, 2.75) is 19.8 Å². The lowest BCUT2D eigenvalue weighted by atomic mass is 10.1. The van der Waals surface area contributed by atoms with E-state index in [2.05, 4.69) is 25.4 Å². The molecule has 0 atom stereocenters. The van der Waals surface area contributed by atoms with Gasteiger partial charge in [0.1, 0.15) is 0 Å². The minimum Gasteiger partial charge on any atom is -0.355 e. The molecular formula is C19H19N5O. The van der Waals surface area contributed by atoms with Crippen LogP contribution >= 0.6 is 0 Å². The van der Waals surface area contributed by atoms with E-state index >= 15 is 0 Å². The quantitative estimate of drug-likeness (QED) is 0.797. The number of fused-ring (bicyclic) bond motifs is 1. The Hall–Kier alpha value is -3.02. The van der Waals surface area contributed by atoms with Gasteiger partial charge in [-0.25, -0.2) is 0 Å². The zero-order valence-corrected chi connectivity index (χ0v) is 14.1. The first kappa shape index (κ1) is 15.5. The summed E-state index contributed by atoms with van der Waals surface area (Å²) < 4.78 is 0. The van der Waals surface area contributed by atoms with Gasteiger partial charge in [-0.2, -0.15) is 0 Å². The zero-order valence-electron chi connectivity index (χ0n) is 14.1. The van der Waals surface area contributed by atoms with Crippen LogP contribution in [-0.2, 0) is 0 Å². The second kappa shape index (κ2) is 6.47. The number of aryl methyl sites for hydroxylation is 1. The highest BCUT2D eigenvalue weighted by molar-refractivity contribution is 6.08. The van der Waals surface area contributed by atoms with E-state index in [-0.39, 0.29) is 5.91 Å². The number of amides is 1. The molecule has 4 rings (SSSR count). The minimum absolute atomic E-state index is 0.269. The average Bonchev–Trinajstić information content (AvgIpc) is 3.19. The molecule has 0 aliphatic carbocycles. The van der Waals surface area contributed by atoms with Gasteiger partial charge < -0.3 is 10.2 Å². The fourth-order valence-corrected chi connectivity index (χ4v) is 3.17. The molecule has 1 aliphatic heterocycles. The molecule has 0 spiro atoms. The predicted molar refractivity (Wildman–Crippen MR) is 97.9 cm³/mol. The Labute approximate surface area is 145 Å². The number of nitrogens with zero attached hydrogens (tertiary/aromatic N) is 4. The van der Waals surface area contributed by atoms with Gasteiger partial charge in [0, 0.05) is 24.7 Å². The van der Waals surface area contributed by atoms with Crippen LogP contribution in [0.1, 0.15) is 28.9 Å². The van der Waals surface area contributed by atoms with Crippen molar-refractivity contribution in [2.24, 2.45) is 0 Å². The van der Waals surface area contributed by atoms with Crippen LogP contribution in [0.3, 0.4) is 0 Å². The Morgan fingerprint density at radius 2 is 1.92 bits per heavy atom. The topological polar surface area (TPSA) is 71.0 Å². The van der Waals surface area contributed by atoms with E-state index in [9.17, 15) is 4.79 Å². The maximum atomic E-state index is 12.5. The molecule has 0 bridgehead atoms. The standard InChI is InChI=1S/C19H19N5O/c1-13-6-7-15(14-5-4-10-20-18(13)14)21-19(25)16-8-9-17(23-22-16)24-11-2-3-12-24/h4-10H,2-3,11-12H2,1H3,(H,21,25). The van der Waals surface area contributed by atoms with Crippen LogP contribution in [0.2, 0.25) is 0 Å². The molecule has 1 aromatic carbocycles. The molecule has 0 saturated carbocycles. The maximum Gasteiger partial charge on any atom is 0.276 e. The summed E-state index contributed by atoms with van der Waals surface area (Å²) in [5.74, 6) is 0.563. The largest absolute Gasteiger partial charge is 0.355 e. The lowest BCUT2D eigenvalue weighted by Gasteiger charge is -2.15. The van der Waals surface area contributed by atoms with Gasteiger partial charge >= 0.3 is 0 Å². The van der Waals surface area contributed by atoms with Crippen LogP contribution in [-0.4, -0.2) is 34.2 Å². The Morgan fingerprint density at radius 3 is 2.68 bits per heavy atom. The SMILES string of the molecule is Cc1ccc(NC(=O)c2ccc(N3CCCC3)nn2)c2cccnc12. The Bertz CT molecular complexity index is 917. The predicted octanol–water partition coefficient (Wildman–Crippen LogP) is 3.19. The summed E-state index contributed by atoms with van der Waals surface area (Å²) in [6.07, 6.45) is 4.11. The summed E-state index contributed by atoms with van der Waals surface area (Å²) in [7, 11) is 0. The van der Waals surface area contributed by atoms with Crippen molar-refractivity contribution in [1.29, 1.82) is 0 Å². The lowest BCUT2D eigenvalue weighted by Crippen LogP contribution is -2.21. The van der Waals surface area contributed by atoms with Gasteiger partial charge in [0.2, 0.25) is 0 Å². The second-order valence-corrected chi connectivity index (χ2v) is 6.25. The summed E-state index contributed by atoms with van der Waals surface area (Å²) in [6.45, 7) is 4.01. The molecule has 1 fully saturated rings. The number of hydrogen-bond acceptors (Lipinski definition) is 5. The van der Waals surface area contributed by atoms with E-state index in [1.54, 1.807) is 12.3 Å². The molecule has 0 unspecified atom stereocenters.